The molecule has 0 bridgehead atoms. The number of pyridine rings is 3. The van der Waals surface area contributed by atoms with Crippen molar-refractivity contribution in [3.8, 4) is 0 Å². The molecule has 12 heteroatoms. The van der Waals surface area contributed by atoms with Crippen LogP contribution >= 0.6 is 0 Å². The van der Waals surface area contributed by atoms with Gasteiger partial charge in [-0.05, 0) is 76.4 Å². The van der Waals surface area contributed by atoms with Gasteiger partial charge in [0.1, 0.15) is 5.82 Å². The highest BCUT2D eigenvalue weighted by Gasteiger charge is 2.10. The number of nitrogens with one attached hydrogen (secondary N) is 1. The van der Waals surface area contributed by atoms with Crippen molar-refractivity contribution in [2.45, 2.75) is 41.5 Å². The molecule has 0 saturated carbocycles. The summed E-state index contributed by atoms with van der Waals surface area (Å²) in [5, 5.41) is 17.2. The maximum absolute atomic E-state index is 5.76. The van der Waals surface area contributed by atoms with E-state index >= 15 is 0 Å². The molecule has 37 heavy (non-hydrogen) atoms. The van der Waals surface area contributed by atoms with E-state index in [2.05, 4.69) is 35.4 Å². The Morgan fingerprint density at radius 1 is 0.730 bits per heavy atom. The number of fused-ring (bicyclic) bond motifs is 3. The molecule has 0 aliphatic carbocycles. The van der Waals surface area contributed by atoms with Crippen LogP contribution in [0.5, 0.6) is 0 Å². The molecule has 0 atom stereocenters. The Kier molecular flexibility index (Phi) is 6.66. The second-order valence-corrected chi connectivity index (χ2v) is 9.03. The third-order valence-corrected chi connectivity index (χ3v) is 5.82. The van der Waals surface area contributed by atoms with Crippen LogP contribution in [0.2, 0.25) is 0 Å². The van der Waals surface area contributed by atoms with E-state index in [-0.39, 0.29) is 0 Å². The average molecular weight is 502 g/mol. The third kappa shape index (κ3) is 4.99. The number of hydrogen-bond acceptors (Lipinski definition) is 10. The highest BCUT2D eigenvalue weighted by Crippen LogP contribution is 2.23. The molecule has 0 radical (unpaired) electrons. The topological polar surface area (TPSA) is 189 Å². The number of aromatic amines is 1. The van der Waals surface area contributed by atoms with Crippen molar-refractivity contribution in [3.05, 3.63) is 52.0 Å². The number of aromatic nitrogens is 8. The molecule has 0 aliphatic heterocycles. The van der Waals surface area contributed by atoms with E-state index in [1.54, 1.807) is 4.68 Å². The molecule has 7 N–H and O–H groups in total. The van der Waals surface area contributed by atoms with Gasteiger partial charge in [0.2, 0.25) is 0 Å². The van der Waals surface area contributed by atoms with E-state index in [0.717, 1.165) is 55.6 Å². The number of anilines is 3. The minimum absolute atomic E-state index is 0.412. The van der Waals surface area contributed by atoms with Crippen LogP contribution in [0.25, 0.3) is 33.2 Å². The van der Waals surface area contributed by atoms with Gasteiger partial charge in [-0.15, -0.1) is 0 Å². The minimum Gasteiger partial charge on any atom is -0.384 e. The molecule has 6 aromatic rings. The van der Waals surface area contributed by atoms with Gasteiger partial charge in [0.25, 0.3) is 5.71 Å². The standard InChI is InChI=1S/C9H12N4.C8H10N4.C8H9N3O/c1-5-4-6(2)11-9-7(5)8(10)12-13(9)3;2*1-4-3-5(2)10-8-6(4)7(9)11-12-8/h4H,1-3H3,(H2,10,12);3H,1-2H3,(H3,9,10,11,12);3H,1-2H3,(H2,9,11). The summed E-state index contributed by atoms with van der Waals surface area (Å²) in [5.41, 5.74) is 25.3. The summed E-state index contributed by atoms with van der Waals surface area (Å²) in [6, 6.07) is 5.96. The van der Waals surface area contributed by atoms with Gasteiger partial charge in [0.15, 0.2) is 22.9 Å². The Hall–Kier alpha value is -4.74. The lowest BCUT2D eigenvalue weighted by atomic mass is 10.2. The molecular formula is C25H31N11O. The smallest absolute Gasteiger partial charge is 0.260 e. The van der Waals surface area contributed by atoms with E-state index < -0.39 is 0 Å². The van der Waals surface area contributed by atoms with Crippen LogP contribution < -0.4 is 17.2 Å². The number of nitrogen functional groups attached to an aromatic ring is 3. The average Bonchev–Trinajstić information content (AvgIpc) is 3.44. The van der Waals surface area contributed by atoms with E-state index in [1.165, 1.54) is 0 Å². The minimum atomic E-state index is 0.412. The zero-order chi connectivity index (χ0) is 27.0. The summed E-state index contributed by atoms with van der Waals surface area (Å²) >= 11 is 0. The number of hydrogen-bond donors (Lipinski definition) is 4. The number of nitrogens with two attached hydrogens (primary N) is 3. The first-order chi connectivity index (χ1) is 17.5. The van der Waals surface area contributed by atoms with Crippen molar-refractivity contribution < 1.29 is 4.52 Å². The van der Waals surface area contributed by atoms with Crippen LogP contribution in [0.4, 0.5) is 17.5 Å². The molecule has 0 unspecified atom stereocenters. The summed E-state index contributed by atoms with van der Waals surface area (Å²) in [4.78, 5) is 12.8. The zero-order valence-corrected chi connectivity index (χ0v) is 22.0. The van der Waals surface area contributed by atoms with Crippen LogP contribution in [0.15, 0.2) is 22.7 Å². The summed E-state index contributed by atoms with van der Waals surface area (Å²) in [5.74, 6) is 1.56. The fourth-order valence-corrected chi connectivity index (χ4v) is 4.34. The van der Waals surface area contributed by atoms with E-state index in [9.17, 15) is 0 Å². The van der Waals surface area contributed by atoms with Crippen molar-refractivity contribution in [1.82, 2.24) is 40.1 Å². The Morgan fingerprint density at radius 3 is 1.97 bits per heavy atom. The van der Waals surface area contributed by atoms with Crippen LogP contribution in [-0.2, 0) is 7.05 Å². The normalized spacial score (nSPS) is 10.9. The first kappa shape index (κ1) is 25.4. The molecule has 192 valence electrons. The zero-order valence-electron chi connectivity index (χ0n) is 22.0. The Bertz CT molecular complexity index is 1660. The predicted molar refractivity (Wildman–Crippen MR) is 146 cm³/mol. The van der Waals surface area contributed by atoms with Gasteiger partial charge in [-0.3, -0.25) is 5.10 Å². The highest BCUT2D eigenvalue weighted by atomic mass is 16.5. The maximum atomic E-state index is 5.76. The Balaban J connectivity index is 0.000000130. The summed E-state index contributed by atoms with van der Waals surface area (Å²) in [6.45, 7) is 11.8. The molecule has 6 rings (SSSR count). The van der Waals surface area contributed by atoms with E-state index in [4.69, 9.17) is 21.7 Å². The first-order valence-corrected chi connectivity index (χ1v) is 11.6. The first-order valence-electron chi connectivity index (χ1n) is 11.6. The fraction of sp³-hybridized carbons (Fsp3) is 0.280. The molecule has 6 heterocycles. The molecule has 0 aliphatic rings. The largest absolute Gasteiger partial charge is 0.384 e. The SMILES string of the molecule is Cc1cc(C)c2c(N)[nH]nc2n1.Cc1cc(C)c2c(N)nn(C)c2n1.Cc1cc(C)c2c(N)noc2n1. The van der Waals surface area contributed by atoms with Gasteiger partial charge in [0.05, 0.1) is 16.2 Å². The molecule has 12 nitrogen and oxygen atoms in total. The molecule has 6 aromatic heterocycles. The summed E-state index contributed by atoms with van der Waals surface area (Å²) in [7, 11) is 1.85. The predicted octanol–water partition coefficient (Wildman–Crippen LogP) is 3.75. The van der Waals surface area contributed by atoms with Crippen molar-refractivity contribution in [3.63, 3.8) is 0 Å². The van der Waals surface area contributed by atoms with Crippen molar-refractivity contribution in [1.29, 1.82) is 0 Å². The number of nitrogens with zero attached hydrogens (tertiary/aromatic N) is 7. The van der Waals surface area contributed by atoms with Gasteiger partial charge in [0, 0.05) is 24.1 Å². The lowest BCUT2D eigenvalue weighted by Gasteiger charge is -1.98. The highest BCUT2D eigenvalue weighted by molar-refractivity contribution is 5.90. The van der Waals surface area contributed by atoms with Crippen molar-refractivity contribution in [2.75, 3.05) is 17.2 Å². The van der Waals surface area contributed by atoms with Gasteiger partial charge in [-0.2, -0.15) is 10.2 Å². The van der Waals surface area contributed by atoms with Crippen LogP contribution in [0, 0.1) is 41.5 Å². The van der Waals surface area contributed by atoms with E-state index in [1.807, 2.05) is 66.8 Å². The molecule has 0 spiro atoms. The second kappa shape index (κ2) is 9.72. The third-order valence-electron chi connectivity index (χ3n) is 5.82. The quantitative estimate of drug-likeness (QED) is 0.238. The molecule has 0 amide bonds. The molecule has 0 fully saturated rings. The number of rotatable bonds is 0. The number of aryl methyl sites for hydroxylation is 7. The van der Waals surface area contributed by atoms with Gasteiger partial charge >= 0.3 is 0 Å². The van der Waals surface area contributed by atoms with Crippen molar-refractivity contribution in [2.24, 2.45) is 7.05 Å². The molecular weight excluding hydrogens is 470 g/mol. The van der Waals surface area contributed by atoms with Crippen LogP contribution in [0.3, 0.4) is 0 Å². The lowest BCUT2D eigenvalue weighted by molar-refractivity contribution is 0.452. The lowest BCUT2D eigenvalue weighted by Crippen LogP contribution is -1.93. The van der Waals surface area contributed by atoms with Crippen molar-refractivity contribution >= 4 is 50.6 Å². The Labute approximate surface area is 213 Å². The van der Waals surface area contributed by atoms with Gasteiger partial charge in [-0.25, -0.2) is 19.6 Å². The fourth-order valence-electron chi connectivity index (χ4n) is 4.34. The van der Waals surface area contributed by atoms with Crippen LogP contribution in [-0.4, -0.2) is 40.1 Å². The molecule has 0 aromatic carbocycles. The molecule has 0 saturated heterocycles. The number of H-pyrrole nitrogens is 1. The van der Waals surface area contributed by atoms with E-state index in [0.29, 0.717) is 28.8 Å². The maximum Gasteiger partial charge on any atom is 0.260 e. The van der Waals surface area contributed by atoms with Gasteiger partial charge in [-0.1, -0.05) is 5.16 Å². The Morgan fingerprint density at radius 2 is 1.30 bits per heavy atom. The van der Waals surface area contributed by atoms with Gasteiger partial charge < -0.3 is 21.7 Å². The monoisotopic (exact) mass is 501 g/mol. The second-order valence-electron chi connectivity index (χ2n) is 9.03. The summed E-state index contributed by atoms with van der Waals surface area (Å²) in [6.07, 6.45) is 0. The summed E-state index contributed by atoms with van der Waals surface area (Å²) < 4.78 is 6.64. The van der Waals surface area contributed by atoms with Crippen LogP contribution in [0.1, 0.15) is 33.8 Å².